The summed E-state index contributed by atoms with van der Waals surface area (Å²) in [6.45, 7) is 0.745. The molecule has 16 heavy (non-hydrogen) atoms. The van der Waals surface area contributed by atoms with Crippen LogP contribution in [0.15, 0.2) is 18.6 Å². The van der Waals surface area contributed by atoms with Gasteiger partial charge in [0.2, 0.25) is 5.88 Å². The number of H-pyrrole nitrogens is 1. The Morgan fingerprint density at radius 1 is 1.38 bits per heavy atom. The quantitative estimate of drug-likeness (QED) is 0.787. The molecule has 0 aliphatic rings. The van der Waals surface area contributed by atoms with Crippen LogP contribution in [0.1, 0.15) is 5.69 Å². The monoisotopic (exact) mass is 219 g/mol. The van der Waals surface area contributed by atoms with E-state index in [2.05, 4.69) is 25.3 Å². The second-order valence-electron chi connectivity index (χ2n) is 3.23. The van der Waals surface area contributed by atoms with Crippen LogP contribution in [0, 0.1) is 0 Å². The van der Waals surface area contributed by atoms with E-state index in [9.17, 15) is 0 Å². The number of nitrogens with zero attached hydrogens (tertiary/aromatic N) is 3. The number of methoxy groups -OCH3 is 1. The summed E-state index contributed by atoms with van der Waals surface area (Å²) in [4.78, 5) is 15.5. The van der Waals surface area contributed by atoms with E-state index >= 15 is 0 Å². The molecule has 2 rings (SSSR count). The summed E-state index contributed by atoms with van der Waals surface area (Å²) in [6, 6.07) is 1.74. The van der Waals surface area contributed by atoms with Crippen molar-refractivity contribution in [3.8, 4) is 17.4 Å². The van der Waals surface area contributed by atoms with Gasteiger partial charge in [-0.05, 0) is 7.05 Å². The minimum atomic E-state index is 0.525. The van der Waals surface area contributed by atoms with Gasteiger partial charge < -0.3 is 15.0 Å². The molecule has 0 saturated heterocycles. The molecule has 2 aromatic rings. The first-order valence-corrected chi connectivity index (χ1v) is 4.88. The summed E-state index contributed by atoms with van der Waals surface area (Å²) in [5.74, 6) is 1.24. The van der Waals surface area contributed by atoms with E-state index < -0.39 is 0 Å². The number of aromatic nitrogens is 4. The summed E-state index contributed by atoms with van der Waals surface area (Å²) in [5.41, 5.74) is 1.73. The van der Waals surface area contributed by atoms with Gasteiger partial charge in [0.05, 0.1) is 13.3 Å². The van der Waals surface area contributed by atoms with E-state index in [1.165, 1.54) is 6.33 Å². The van der Waals surface area contributed by atoms with E-state index in [0.29, 0.717) is 17.4 Å². The van der Waals surface area contributed by atoms with Gasteiger partial charge in [-0.25, -0.2) is 15.0 Å². The number of hydrogen-bond acceptors (Lipinski definition) is 5. The molecule has 2 heterocycles. The molecule has 0 bridgehead atoms. The fourth-order valence-corrected chi connectivity index (χ4v) is 1.35. The predicted octanol–water partition coefficient (Wildman–Crippen LogP) is 0.595. The maximum Gasteiger partial charge on any atom is 0.216 e. The van der Waals surface area contributed by atoms with Crippen LogP contribution < -0.4 is 10.1 Å². The first kappa shape index (κ1) is 10.6. The van der Waals surface area contributed by atoms with Gasteiger partial charge in [0.1, 0.15) is 12.0 Å². The van der Waals surface area contributed by atoms with Crippen LogP contribution in [0.5, 0.6) is 5.88 Å². The molecule has 0 spiro atoms. The molecule has 0 radical (unpaired) electrons. The topological polar surface area (TPSA) is 75.7 Å². The molecular formula is C10H13N5O. The molecule has 2 N–H and O–H groups in total. The van der Waals surface area contributed by atoms with Crippen molar-refractivity contribution in [1.29, 1.82) is 0 Å². The van der Waals surface area contributed by atoms with Crippen LogP contribution in [0.25, 0.3) is 11.5 Å². The second-order valence-corrected chi connectivity index (χ2v) is 3.23. The number of ether oxygens (including phenoxy) is 1. The number of aromatic amines is 1. The molecule has 6 nitrogen and oxygen atoms in total. The summed E-state index contributed by atoms with van der Waals surface area (Å²) < 4.78 is 5.03. The Kier molecular flexibility index (Phi) is 3.11. The Hall–Kier alpha value is -1.95. The van der Waals surface area contributed by atoms with Crippen molar-refractivity contribution in [3.05, 3.63) is 24.3 Å². The van der Waals surface area contributed by atoms with Gasteiger partial charge in [-0.3, -0.25) is 0 Å². The molecule has 0 fully saturated rings. The molecule has 84 valence electrons. The third-order valence-corrected chi connectivity index (χ3v) is 2.09. The van der Waals surface area contributed by atoms with E-state index in [4.69, 9.17) is 4.74 Å². The Balaban J connectivity index is 2.27. The summed E-state index contributed by atoms with van der Waals surface area (Å²) in [7, 11) is 3.45. The fourth-order valence-electron chi connectivity index (χ4n) is 1.35. The highest BCUT2D eigenvalue weighted by Gasteiger charge is 2.06. The average molecular weight is 219 g/mol. The minimum absolute atomic E-state index is 0.525. The molecule has 0 aromatic carbocycles. The van der Waals surface area contributed by atoms with E-state index in [1.54, 1.807) is 19.4 Å². The molecule has 6 heteroatoms. The summed E-state index contributed by atoms with van der Waals surface area (Å²) in [5, 5.41) is 3.04. The van der Waals surface area contributed by atoms with Crippen molar-refractivity contribution in [1.82, 2.24) is 25.3 Å². The smallest absolute Gasteiger partial charge is 0.216 e. The third kappa shape index (κ3) is 2.17. The average Bonchev–Trinajstić information content (AvgIpc) is 2.78. The van der Waals surface area contributed by atoms with E-state index in [1.807, 2.05) is 7.05 Å². The molecule has 0 aliphatic carbocycles. The molecule has 0 unspecified atom stereocenters. The van der Waals surface area contributed by atoms with Crippen LogP contribution in [0.2, 0.25) is 0 Å². The van der Waals surface area contributed by atoms with Crippen molar-refractivity contribution in [3.63, 3.8) is 0 Å². The van der Waals surface area contributed by atoms with Crippen molar-refractivity contribution < 1.29 is 4.74 Å². The zero-order chi connectivity index (χ0) is 11.4. The number of nitrogens with one attached hydrogen (secondary N) is 2. The Bertz CT molecular complexity index is 468. The largest absolute Gasteiger partial charge is 0.481 e. The van der Waals surface area contributed by atoms with Crippen LogP contribution in [0.3, 0.4) is 0 Å². The van der Waals surface area contributed by atoms with E-state index in [-0.39, 0.29) is 0 Å². The molecule has 0 atom stereocenters. The number of imidazole rings is 1. The highest BCUT2D eigenvalue weighted by atomic mass is 16.5. The van der Waals surface area contributed by atoms with Gasteiger partial charge in [-0.1, -0.05) is 0 Å². The Morgan fingerprint density at radius 3 is 3.00 bits per heavy atom. The number of rotatable bonds is 4. The van der Waals surface area contributed by atoms with Gasteiger partial charge in [-0.2, -0.15) is 0 Å². The maximum atomic E-state index is 5.03. The second kappa shape index (κ2) is 4.71. The van der Waals surface area contributed by atoms with Gasteiger partial charge in [-0.15, -0.1) is 0 Å². The molecule has 0 amide bonds. The van der Waals surface area contributed by atoms with Crippen molar-refractivity contribution in [2.24, 2.45) is 0 Å². The SMILES string of the molecule is CNCc1cnc(-c2cc(OC)ncn2)[nH]1. The van der Waals surface area contributed by atoms with Crippen molar-refractivity contribution >= 4 is 0 Å². The standard InChI is InChI=1S/C10H13N5O/c1-11-4-7-5-12-10(15-7)8-3-9(16-2)14-6-13-8/h3,5-6,11H,4H2,1-2H3,(H,12,15). The lowest BCUT2D eigenvalue weighted by Gasteiger charge is -1.99. The molecule has 0 saturated carbocycles. The molecule has 2 aromatic heterocycles. The highest BCUT2D eigenvalue weighted by Crippen LogP contribution is 2.16. The lowest BCUT2D eigenvalue weighted by Crippen LogP contribution is -2.04. The van der Waals surface area contributed by atoms with E-state index in [0.717, 1.165) is 12.2 Å². The van der Waals surface area contributed by atoms with Crippen LogP contribution in [-0.2, 0) is 6.54 Å². The van der Waals surface area contributed by atoms with Gasteiger partial charge in [0, 0.05) is 18.3 Å². The van der Waals surface area contributed by atoms with Crippen LogP contribution >= 0.6 is 0 Å². The van der Waals surface area contributed by atoms with Crippen LogP contribution in [-0.4, -0.2) is 34.1 Å². The Labute approximate surface area is 93.1 Å². The zero-order valence-electron chi connectivity index (χ0n) is 9.19. The van der Waals surface area contributed by atoms with Crippen LogP contribution in [0.4, 0.5) is 0 Å². The Morgan fingerprint density at radius 2 is 2.25 bits per heavy atom. The molecular weight excluding hydrogens is 206 g/mol. The summed E-state index contributed by atoms with van der Waals surface area (Å²) in [6.07, 6.45) is 3.23. The van der Waals surface area contributed by atoms with Gasteiger partial charge >= 0.3 is 0 Å². The maximum absolute atomic E-state index is 5.03. The van der Waals surface area contributed by atoms with Crippen molar-refractivity contribution in [2.75, 3.05) is 14.2 Å². The normalized spacial score (nSPS) is 10.4. The zero-order valence-corrected chi connectivity index (χ0v) is 9.19. The van der Waals surface area contributed by atoms with Gasteiger partial charge in [0.15, 0.2) is 5.82 Å². The fraction of sp³-hybridized carbons (Fsp3) is 0.300. The lowest BCUT2D eigenvalue weighted by atomic mass is 10.4. The third-order valence-electron chi connectivity index (χ3n) is 2.09. The molecule has 0 aliphatic heterocycles. The predicted molar refractivity (Wildman–Crippen MR) is 58.9 cm³/mol. The van der Waals surface area contributed by atoms with Gasteiger partial charge in [0.25, 0.3) is 0 Å². The summed E-state index contributed by atoms with van der Waals surface area (Å²) >= 11 is 0. The minimum Gasteiger partial charge on any atom is -0.481 e. The van der Waals surface area contributed by atoms with Crippen molar-refractivity contribution in [2.45, 2.75) is 6.54 Å². The first-order valence-electron chi connectivity index (χ1n) is 4.88. The highest BCUT2D eigenvalue weighted by molar-refractivity contribution is 5.50. The first-order chi connectivity index (χ1) is 7.83. The lowest BCUT2D eigenvalue weighted by molar-refractivity contribution is 0.397. The number of hydrogen-bond donors (Lipinski definition) is 2.